The van der Waals surface area contributed by atoms with E-state index in [9.17, 15) is 18.0 Å². The van der Waals surface area contributed by atoms with E-state index in [0.29, 0.717) is 19.4 Å². The molecule has 6 nitrogen and oxygen atoms in total. The van der Waals surface area contributed by atoms with Crippen LogP contribution in [0.25, 0.3) is 0 Å². The topological polar surface area (TPSA) is 60.0 Å². The van der Waals surface area contributed by atoms with Gasteiger partial charge in [0.2, 0.25) is 0 Å². The Hall–Kier alpha value is -2.62. The molecule has 0 aromatic heterocycles. The van der Waals surface area contributed by atoms with E-state index in [2.05, 4.69) is 11.4 Å². The Morgan fingerprint density at radius 2 is 1.76 bits per heavy atom. The monoisotopic (exact) mass is 532 g/mol. The van der Waals surface area contributed by atoms with Gasteiger partial charge in [-0.3, -0.25) is 4.79 Å². The van der Waals surface area contributed by atoms with Gasteiger partial charge in [0.15, 0.2) is 0 Å². The molecule has 1 unspecified atom stereocenters. The third kappa shape index (κ3) is 4.80. The minimum absolute atomic E-state index is 0.120. The molecule has 0 aliphatic carbocycles. The zero-order chi connectivity index (χ0) is 26.8. The number of carbonyl (C=O) groups excluding carboxylic acids is 1. The van der Waals surface area contributed by atoms with Crippen LogP contribution in [0.4, 0.5) is 13.2 Å². The summed E-state index contributed by atoms with van der Waals surface area (Å²) in [6, 6.07) is 15.2. The minimum Gasteiger partial charge on any atom is -0.491 e. The molecule has 9 heteroatoms. The molecule has 206 valence electrons. The molecule has 1 N–H and O–H groups in total. The molecule has 3 atom stereocenters. The van der Waals surface area contributed by atoms with E-state index in [1.165, 1.54) is 29.2 Å². The third-order valence-corrected chi connectivity index (χ3v) is 8.63. The highest BCUT2D eigenvalue weighted by molar-refractivity contribution is 5.88. The van der Waals surface area contributed by atoms with E-state index < -0.39 is 17.7 Å². The number of benzene rings is 2. The highest BCUT2D eigenvalue weighted by atomic mass is 19.4. The summed E-state index contributed by atoms with van der Waals surface area (Å²) in [7, 11) is 0.957. The fourth-order valence-corrected chi connectivity index (χ4v) is 6.29. The van der Waals surface area contributed by atoms with Crippen LogP contribution in [-0.2, 0) is 19.9 Å². The van der Waals surface area contributed by atoms with Gasteiger partial charge >= 0.3 is 6.18 Å². The SMILES string of the molecule is CO[C@@](C(=O)N1CCC2(CCNCC2c2ccccc2OC[C@H]2CCO2)CC1)(c1ccccc1)C(F)(F)F. The summed E-state index contributed by atoms with van der Waals surface area (Å²) in [5, 5.41) is 3.50. The normalized spacial score (nSPS) is 24.9. The molecule has 2 aromatic carbocycles. The molecule has 2 aromatic rings. The van der Waals surface area contributed by atoms with Gasteiger partial charge in [-0.1, -0.05) is 48.5 Å². The molecule has 1 spiro atoms. The molecule has 0 radical (unpaired) electrons. The largest absolute Gasteiger partial charge is 0.491 e. The van der Waals surface area contributed by atoms with Gasteiger partial charge in [0, 0.05) is 51.3 Å². The van der Waals surface area contributed by atoms with Gasteiger partial charge in [-0.2, -0.15) is 13.2 Å². The first-order valence-corrected chi connectivity index (χ1v) is 13.3. The number of hydrogen-bond donors (Lipinski definition) is 1. The van der Waals surface area contributed by atoms with Crippen LogP contribution in [0.1, 0.15) is 42.7 Å². The molecule has 0 bridgehead atoms. The van der Waals surface area contributed by atoms with Crippen molar-refractivity contribution in [1.82, 2.24) is 10.2 Å². The molecular formula is C29H35F3N2O4. The van der Waals surface area contributed by atoms with Gasteiger partial charge in [0.25, 0.3) is 11.5 Å². The summed E-state index contributed by atoms with van der Waals surface area (Å²) in [6.45, 7) is 3.33. The number of para-hydroxylation sites is 1. The van der Waals surface area contributed by atoms with Crippen molar-refractivity contribution in [2.45, 2.75) is 49.5 Å². The van der Waals surface area contributed by atoms with Gasteiger partial charge < -0.3 is 24.4 Å². The van der Waals surface area contributed by atoms with Crippen LogP contribution in [0.15, 0.2) is 54.6 Å². The molecular weight excluding hydrogens is 497 g/mol. The number of nitrogens with zero attached hydrogens (tertiary/aromatic N) is 1. The molecule has 3 heterocycles. The van der Waals surface area contributed by atoms with E-state index in [4.69, 9.17) is 14.2 Å². The van der Waals surface area contributed by atoms with Crippen molar-refractivity contribution in [3.8, 4) is 5.75 Å². The van der Waals surface area contributed by atoms with Gasteiger partial charge in [-0.15, -0.1) is 0 Å². The lowest BCUT2D eigenvalue weighted by Crippen LogP contribution is -2.59. The molecule has 3 saturated heterocycles. The second-order valence-corrected chi connectivity index (χ2v) is 10.5. The first kappa shape index (κ1) is 27.0. The van der Waals surface area contributed by atoms with E-state index in [1.54, 1.807) is 6.07 Å². The first-order chi connectivity index (χ1) is 18.3. The Kier molecular flexibility index (Phi) is 7.71. The van der Waals surface area contributed by atoms with E-state index >= 15 is 0 Å². The Labute approximate surface area is 221 Å². The maximum absolute atomic E-state index is 14.5. The summed E-state index contributed by atoms with van der Waals surface area (Å²) >= 11 is 0. The predicted molar refractivity (Wildman–Crippen MR) is 136 cm³/mol. The number of nitrogens with one attached hydrogen (secondary N) is 1. The number of alkyl halides is 3. The van der Waals surface area contributed by atoms with Crippen molar-refractivity contribution >= 4 is 5.91 Å². The van der Waals surface area contributed by atoms with Crippen LogP contribution >= 0.6 is 0 Å². The number of halogens is 3. The summed E-state index contributed by atoms with van der Waals surface area (Å²) < 4.78 is 60.2. The number of ether oxygens (including phenoxy) is 3. The maximum atomic E-state index is 14.5. The van der Waals surface area contributed by atoms with E-state index in [1.807, 2.05) is 18.2 Å². The van der Waals surface area contributed by atoms with Crippen LogP contribution < -0.4 is 10.1 Å². The Morgan fingerprint density at radius 3 is 2.39 bits per heavy atom. The third-order valence-electron chi connectivity index (χ3n) is 8.63. The fraction of sp³-hybridized carbons (Fsp3) is 0.552. The average molecular weight is 533 g/mol. The zero-order valence-corrected chi connectivity index (χ0v) is 21.6. The van der Waals surface area contributed by atoms with Crippen LogP contribution in [0.3, 0.4) is 0 Å². The van der Waals surface area contributed by atoms with Gasteiger partial charge in [-0.25, -0.2) is 0 Å². The molecule has 3 aliphatic heterocycles. The van der Waals surface area contributed by atoms with Crippen LogP contribution in [0.5, 0.6) is 5.75 Å². The molecule has 5 rings (SSSR count). The standard InChI is InChI=1S/C29H35F3N2O4/c1-36-28(29(30,31)32,21-7-3-2-4-8-21)26(35)34-16-13-27(14-17-34)12-15-33-19-24(27)23-9-5-6-10-25(23)38-20-22-11-18-37-22/h2-10,22,24,33H,11-20H2,1H3/t22-,24?,28-/m1/s1. The molecule has 3 aliphatic rings. The number of methoxy groups -OCH3 is 1. The second kappa shape index (κ2) is 10.9. The second-order valence-electron chi connectivity index (χ2n) is 10.5. The highest BCUT2D eigenvalue weighted by Gasteiger charge is 2.64. The number of likely N-dealkylation sites (tertiary alicyclic amines) is 1. The lowest BCUT2D eigenvalue weighted by atomic mass is 9.62. The fourth-order valence-electron chi connectivity index (χ4n) is 6.29. The van der Waals surface area contributed by atoms with Crippen LogP contribution in [0, 0.1) is 5.41 Å². The number of piperidine rings is 2. The van der Waals surface area contributed by atoms with Gasteiger partial charge in [0.1, 0.15) is 12.4 Å². The van der Waals surface area contributed by atoms with Crippen LogP contribution in [-0.4, -0.2) is 69.6 Å². The lowest BCUT2D eigenvalue weighted by molar-refractivity contribution is -0.271. The molecule has 1 amide bonds. The van der Waals surface area contributed by atoms with Crippen molar-refractivity contribution in [2.75, 3.05) is 46.5 Å². The predicted octanol–water partition coefficient (Wildman–Crippen LogP) is 4.64. The Balaban J connectivity index is 1.37. The van der Waals surface area contributed by atoms with Gasteiger partial charge in [-0.05, 0) is 42.9 Å². The maximum Gasteiger partial charge on any atom is 0.430 e. The number of hydrogen-bond acceptors (Lipinski definition) is 5. The molecule has 38 heavy (non-hydrogen) atoms. The number of amides is 1. The quantitative estimate of drug-likeness (QED) is 0.563. The highest BCUT2D eigenvalue weighted by Crippen LogP contribution is 2.51. The lowest BCUT2D eigenvalue weighted by Gasteiger charge is -2.51. The molecule has 0 saturated carbocycles. The van der Waals surface area contributed by atoms with Crippen molar-refractivity contribution < 1.29 is 32.2 Å². The number of rotatable bonds is 7. The summed E-state index contributed by atoms with van der Waals surface area (Å²) in [6.07, 6.45) is -1.70. The van der Waals surface area contributed by atoms with Crippen LogP contribution in [0.2, 0.25) is 0 Å². The number of carbonyl (C=O) groups is 1. The van der Waals surface area contributed by atoms with E-state index in [-0.39, 0.29) is 36.1 Å². The summed E-state index contributed by atoms with van der Waals surface area (Å²) in [4.78, 5) is 14.9. The van der Waals surface area contributed by atoms with Crippen molar-refractivity contribution in [2.24, 2.45) is 5.41 Å². The summed E-state index contributed by atoms with van der Waals surface area (Å²) in [5.74, 6) is -0.103. The van der Waals surface area contributed by atoms with Gasteiger partial charge in [0.05, 0.1) is 6.10 Å². The minimum atomic E-state index is -4.91. The Morgan fingerprint density at radius 1 is 1.08 bits per heavy atom. The van der Waals surface area contributed by atoms with Crippen molar-refractivity contribution in [3.05, 3.63) is 65.7 Å². The smallest absolute Gasteiger partial charge is 0.430 e. The van der Waals surface area contributed by atoms with Crippen molar-refractivity contribution in [3.63, 3.8) is 0 Å². The first-order valence-electron chi connectivity index (χ1n) is 13.3. The zero-order valence-electron chi connectivity index (χ0n) is 21.6. The molecule has 3 fully saturated rings. The van der Waals surface area contributed by atoms with E-state index in [0.717, 1.165) is 51.0 Å². The Bertz CT molecular complexity index is 1100. The van der Waals surface area contributed by atoms with Crippen molar-refractivity contribution in [1.29, 1.82) is 0 Å². The average Bonchev–Trinajstić information content (AvgIpc) is 2.89. The summed E-state index contributed by atoms with van der Waals surface area (Å²) in [5.41, 5.74) is -2.28.